The second-order valence-electron chi connectivity index (χ2n) is 4.28. The van der Waals surface area contributed by atoms with Crippen LogP contribution in [0.1, 0.15) is 19.2 Å². The number of benzene rings is 1. The van der Waals surface area contributed by atoms with Crippen molar-refractivity contribution in [3.63, 3.8) is 0 Å². The fourth-order valence-electron chi connectivity index (χ4n) is 1.56. The van der Waals surface area contributed by atoms with Crippen molar-refractivity contribution in [2.24, 2.45) is 0 Å². The van der Waals surface area contributed by atoms with E-state index in [1.807, 2.05) is 6.07 Å². The van der Waals surface area contributed by atoms with E-state index in [2.05, 4.69) is 10.1 Å². The molecule has 0 aliphatic heterocycles. The zero-order valence-corrected chi connectivity index (χ0v) is 12.0. The van der Waals surface area contributed by atoms with E-state index in [0.717, 1.165) is 5.56 Å². The van der Waals surface area contributed by atoms with Crippen molar-refractivity contribution in [3.8, 4) is 17.5 Å². The molecule has 0 spiro atoms. The molecule has 0 N–H and O–H groups in total. The summed E-state index contributed by atoms with van der Waals surface area (Å²) in [6.07, 6.45) is -0.420. The fourth-order valence-corrected chi connectivity index (χ4v) is 1.69. The maximum atomic E-state index is 11.4. The molecule has 0 fully saturated rings. The molecule has 0 saturated carbocycles. The van der Waals surface area contributed by atoms with Crippen molar-refractivity contribution >= 4 is 17.6 Å². The topological polar surface area (TPSA) is 89.0 Å². The monoisotopic (exact) mass is 305 g/mol. The summed E-state index contributed by atoms with van der Waals surface area (Å²) in [5.41, 5.74) is 0.773. The summed E-state index contributed by atoms with van der Waals surface area (Å²) in [4.78, 5) is 15.6. The summed E-state index contributed by atoms with van der Waals surface area (Å²) in [6, 6.07) is 8.83. The first-order valence-electron chi connectivity index (χ1n) is 6.26. The molecule has 0 unspecified atom stereocenters. The van der Waals surface area contributed by atoms with E-state index in [4.69, 9.17) is 26.1 Å². The highest BCUT2D eigenvalue weighted by Gasteiger charge is 2.13. The predicted octanol–water partition coefficient (Wildman–Crippen LogP) is 2.78. The van der Waals surface area contributed by atoms with E-state index in [0.29, 0.717) is 16.7 Å². The lowest BCUT2D eigenvalue weighted by molar-refractivity contribution is -0.145. The highest BCUT2D eigenvalue weighted by atomic mass is 35.5. The van der Waals surface area contributed by atoms with Crippen LogP contribution in [-0.4, -0.2) is 22.2 Å². The quantitative estimate of drug-likeness (QED) is 0.789. The number of ether oxygens (including phenoxy) is 1. The first-order valence-corrected chi connectivity index (χ1v) is 6.64. The minimum absolute atomic E-state index is 0.0776. The van der Waals surface area contributed by atoms with Gasteiger partial charge in [0.1, 0.15) is 6.07 Å². The number of carbonyl (C=O) groups excluding carboxylic acids is 1. The van der Waals surface area contributed by atoms with Crippen molar-refractivity contribution in [2.45, 2.75) is 25.9 Å². The van der Waals surface area contributed by atoms with Gasteiger partial charge in [-0.15, -0.1) is 0 Å². The minimum atomic E-state index is -0.759. The summed E-state index contributed by atoms with van der Waals surface area (Å²) in [6.45, 7) is 1.50. The molecular formula is C14H12ClN3O3. The Kier molecular flexibility index (Phi) is 4.90. The van der Waals surface area contributed by atoms with Crippen molar-refractivity contribution in [1.82, 2.24) is 10.1 Å². The number of aromatic nitrogens is 2. The Labute approximate surface area is 126 Å². The molecule has 1 atom stereocenters. The zero-order valence-electron chi connectivity index (χ0n) is 11.2. The molecule has 0 saturated heterocycles. The Balaban J connectivity index is 1.93. The number of nitriles is 1. The van der Waals surface area contributed by atoms with Crippen LogP contribution in [0.3, 0.4) is 0 Å². The summed E-state index contributed by atoms with van der Waals surface area (Å²) >= 11 is 5.80. The van der Waals surface area contributed by atoms with Gasteiger partial charge in [0.15, 0.2) is 6.10 Å². The third-order valence-electron chi connectivity index (χ3n) is 2.60. The normalized spacial score (nSPS) is 11.7. The molecule has 0 amide bonds. The van der Waals surface area contributed by atoms with Crippen LogP contribution in [0.4, 0.5) is 0 Å². The van der Waals surface area contributed by atoms with E-state index in [-0.39, 0.29) is 12.8 Å². The standard InChI is InChI=1S/C14H12ClN3O3/c1-9(8-16)20-13(19)7-6-12-17-14(18-21-12)10-2-4-11(15)5-3-10/h2-5,9H,6-7H2,1H3/t9-/m1/s1. The van der Waals surface area contributed by atoms with Crippen molar-refractivity contribution in [2.75, 3.05) is 0 Å². The van der Waals surface area contributed by atoms with Crippen molar-refractivity contribution in [3.05, 3.63) is 35.2 Å². The number of carbonyl (C=O) groups is 1. The number of halogens is 1. The third kappa shape index (κ3) is 4.29. The van der Waals surface area contributed by atoms with Gasteiger partial charge in [0.05, 0.1) is 6.42 Å². The highest BCUT2D eigenvalue weighted by Crippen LogP contribution is 2.19. The second-order valence-corrected chi connectivity index (χ2v) is 4.72. The highest BCUT2D eigenvalue weighted by molar-refractivity contribution is 6.30. The second kappa shape index (κ2) is 6.86. The Bertz CT molecular complexity index is 661. The van der Waals surface area contributed by atoms with Crippen molar-refractivity contribution in [1.29, 1.82) is 5.26 Å². The number of hydrogen-bond donors (Lipinski definition) is 0. The number of hydrogen-bond acceptors (Lipinski definition) is 6. The van der Waals surface area contributed by atoms with Crippen LogP contribution in [0.15, 0.2) is 28.8 Å². The lowest BCUT2D eigenvalue weighted by Crippen LogP contribution is -2.13. The maximum absolute atomic E-state index is 11.4. The van der Waals surface area contributed by atoms with E-state index in [1.54, 1.807) is 24.3 Å². The van der Waals surface area contributed by atoms with Gasteiger partial charge in [0.25, 0.3) is 0 Å². The van der Waals surface area contributed by atoms with Gasteiger partial charge >= 0.3 is 5.97 Å². The van der Waals surface area contributed by atoms with Gasteiger partial charge in [-0.1, -0.05) is 16.8 Å². The summed E-state index contributed by atoms with van der Waals surface area (Å²) < 4.78 is 9.89. The first kappa shape index (κ1) is 15.0. The first-order chi connectivity index (χ1) is 10.1. The third-order valence-corrected chi connectivity index (χ3v) is 2.86. The van der Waals surface area contributed by atoms with Crippen molar-refractivity contribution < 1.29 is 14.1 Å². The van der Waals surface area contributed by atoms with Crippen LogP contribution in [0.2, 0.25) is 5.02 Å². The van der Waals surface area contributed by atoms with E-state index in [9.17, 15) is 4.79 Å². The molecule has 7 heteroatoms. The lowest BCUT2D eigenvalue weighted by Gasteiger charge is -2.03. The van der Waals surface area contributed by atoms with Gasteiger partial charge in [-0.3, -0.25) is 4.79 Å². The number of nitrogens with zero attached hydrogens (tertiary/aromatic N) is 3. The molecule has 108 valence electrons. The minimum Gasteiger partial charge on any atom is -0.447 e. The van der Waals surface area contributed by atoms with Gasteiger partial charge < -0.3 is 9.26 Å². The molecule has 21 heavy (non-hydrogen) atoms. The molecule has 0 aliphatic rings. The van der Waals surface area contributed by atoms with E-state index < -0.39 is 12.1 Å². The Hall–Kier alpha value is -2.39. The average molecular weight is 306 g/mol. The number of aryl methyl sites for hydroxylation is 1. The lowest BCUT2D eigenvalue weighted by atomic mass is 10.2. The molecular weight excluding hydrogens is 294 g/mol. The molecule has 2 aromatic rings. The largest absolute Gasteiger partial charge is 0.447 e. The molecule has 1 aromatic heterocycles. The molecule has 1 aromatic carbocycles. The summed E-state index contributed by atoms with van der Waals surface area (Å²) in [7, 11) is 0. The predicted molar refractivity (Wildman–Crippen MR) is 74.2 cm³/mol. The van der Waals surface area contributed by atoms with Crippen LogP contribution >= 0.6 is 11.6 Å². The summed E-state index contributed by atoms with van der Waals surface area (Å²) in [5.74, 6) is 0.289. The Morgan fingerprint density at radius 3 is 2.86 bits per heavy atom. The number of esters is 1. The van der Waals surface area contributed by atoms with E-state index >= 15 is 0 Å². The van der Waals surface area contributed by atoms with Crippen LogP contribution in [0.25, 0.3) is 11.4 Å². The number of rotatable bonds is 5. The van der Waals surface area contributed by atoms with Crippen LogP contribution < -0.4 is 0 Å². The van der Waals surface area contributed by atoms with Crippen LogP contribution in [0, 0.1) is 11.3 Å². The maximum Gasteiger partial charge on any atom is 0.307 e. The summed E-state index contributed by atoms with van der Waals surface area (Å²) in [5, 5.41) is 13.0. The van der Waals surface area contributed by atoms with Crippen LogP contribution in [0.5, 0.6) is 0 Å². The van der Waals surface area contributed by atoms with Crippen LogP contribution in [-0.2, 0) is 16.0 Å². The van der Waals surface area contributed by atoms with Gasteiger partial charge in [-0.05, 0) is 31.2 Å². The Morgan fingerprint density at radius 2 is 2.19 bits per heavy atom. The molecule has 1 heterocycles. The molecule has 0 bridgehead atoms. The average Bonchev–Trinajstić information content (AvgIpc) is 2.94. The SMILES string of the molecule is C[C@H](C#N)OC(=O)CCc1nc(-c2ccc(Cl)cc2)no1. The molecule has 6 nitrogen and oxygen atoms in total. The Morgan fingerprint density at radius 1 is 1.48 bits per heavy atom. The van der Waals surface area contributed by atoms with Gasteiger partial charge in [-0.2, -0.15) is 10.2 Å². The molecule has 2 rings (SSSR count). The molecule has 0 aliphatic carbocycles. The molecule has 0 radical (unpaired) electrons. The van der Waals surface area contributed by atoms with Gasteiger partial charge in [-0.25, -0.2) is 0 Å². The van der Waals surface area contributed by atoms with Gasteiger partial charge in [0.2, 0.25) is 11.7 Å². The smallest absolute Gasteiger partial charge is 0.307 e. The fraction of sp³-hybridized carbons (Fsp3) is 0.286. The van der Waals surface area contributed by atoms with E-state index in [1.165, 1.54) is 6.92 Å². The van der Waals surface area contributed by atoms with Gasteiger partial charge in [0, 0.05) is 17.0 Å². The zero-order chi connectivity index (χ0) is 15.2.